The van der Waals surface area contributed by atoms with E-state index in [0.29, 0.717) is 5.82 Å². The van der Waals surface area contributed by atoms with E-state index < -0.39 is 0 Å². The van der Waals surface area contributed by atoms with Gasteiger partial charge in [0.1, 0.15) is 5.82 Å². The minimum Gasteiger partial charge on any atom is -0.383 e. The standard InChI is InChI=1S/C14H18N4/c1-9-6-8-18-14(15)11(9)13(16-3)12-10(2)5-4-7-17-12/h4-8,13,16H,1-3H3,(H2,15,18). The molecule has 0 radical (unpaired) electrons. The zero-order chi connectivity index (χ0) is 13.1. The largest absolute Gasteiger partial charge is 0.383 e. The zero-order valence-electron chi connectivity index (χ0n) is 10.9. The van der Waals surface area contributed by atoms with Gasteiger partial charge in [-0.05, 0) is 44.2 Å². The molecule has 3 N–H and O–H groups in total. The van der Waals surface area contributed by atoms with Crippen LogP contribution in [0.4, 0.5) is 5.82 Å². The van der Waals surface area contributed by atoms with Crippen LogP contribution in [0.15, 0.2) is 30.6 Å². The van der Waals surface area contributed by atoms with Crippen LogP contribution in [0.3, 0.4) is 0 Å². The highest BCUT2D eigenvalue weighted by molar-refractivity contribution is 5.49. The van der Waals surface area contributed by atoms with E-state index in [1.54, 1.807) is 12.4 Å². The van der Waals surface area contributed by atoms with E-state index in [1.165, 1.54) is 0 Å². The van der Waals surface area contributed by atoms with Gasteiger partial charge in [0.2, 0.25) is 0 Å². The van der Waals surface area contributed by atoms with Crippen LogP contribution in [0.2, 0.25) is 0 Å². The molecule has 4 nitrogen and oxygen atoms in total. The Morgan fingerprint density at radius 2 is 1.89 bits per heavy atom. The quantitative estimate of drug-likeness (QED) is 0.864. The Balaban J connectivity index is 2.56. The van der Waals surface area contributed by atoms with Crippen molar-refractivity contribution in [3.63, 3.8) is 0 Å². The predicted molar refractivity (Wildman–Crippen MR) is 73.3 cm³/mol. The third-order valence-corrected chi connectivity index (χ3v) is 3.14. The molecule has 18 heavy (non-hydrogen) atoms. The Morgan fingerprint density at radius 3 is 2.50 bits per heavy atom. The average Bonchev–Trinajstić information content (AvgIpc) is 2.35. The van der Waals surface area contributed by atoms with Crippen LogP contribution in [0.1, 0.15) is 28.4 Å². The lowest BCUT2D eigenvalue weighted by Gasteiger charge is -2.21. The second kappa shape index (κ2) is 5.14. The third-order valence-electron chi connectivity index (χ3n) is 3.14. The molecule has 2 aromatic heterocycles. The summed E-state index contributed by atoms with van der Waals surface area (Å²) in [7, 11) is 1.91. The fraction of sp³-hybridized carbons (Fsp3) is 0.286. The fourth-order valence-electron chi connectivity index (χ4n) is 2.18. The highest BCUT2D eigenvalue weighted by Gasteiger charge is 2.20. The Kier molecular flexibility index (Phi) is 3.58. The van der Waals surface area contributed by atoms with Crippen LogP contribution >= 0.6 is 0 Å². The number of nitrogens with zero attached hydrogens (tertiary/aromatic N) is 2. The number of aryl methyl sites for hydroxylation is 2. The lowest BCUT2D eigenvalue weighted by atomic mass is 9.97. The first kappa shape index (κ1) is 12.5. The van der Waals surface area contributed by atoms with Crippen molar-refractivity contribution >= 4 is 5.82 Å². The second-order valence-electron chi connectivity index (χ2n) is 4.35. The number of hydrogen-bond acceptors (Lipinski definition) is 4. The number of hydrogen-bond donors (Lipinski definition) is 2. The van der Waals surface area contributed by atoms with Gasteiger partial charge in [-0.1, -0.05) is 6.07 Å². The smallest absolute Gasteiger partial charge is 0.128 e. The first-order valence-corrected chi connectivity index (χ1v) is 5.95. The van der Waals surface area contributed by atoms with Crippen molar-refractivity contribution in [2.75, 3.05) is 12.8 Å². The predicted octanol–water partition coefficient (Wildman–Crippen LogP) is 1.98. The molecule has 0 aromatic carbocycles. The van der Waals surface area contributed by atoms with Crippen LogP contribution in [-0.4, -0.2) is 17.0 Å². The molecule has 2 rings (SSSR count). The summed E-state index contributed by atoms with van der Waals surface area (Å²) in [5, 5.41) is 3.27. The molecule has 0 saturated heterocycles. The number of pyridine rings is 2. The van der Waals surface area contributed by atoms with Gasteiger partial charge in [0, 0.05) is 18.0 Å². The molecule has 0 fully saturated rings. The molecule has 0 aliphatic heterocycles. The zero-order valence-corrected chi connectivity index (χ0v) is 10.9. The van der Waals surface area contributed by atoms with Gasteiger partial charge in [-0.2, -0.15) is 0 Å². The number of nitrogens with two attached hydrogens (primary N) is 1. The fourth-order valence-corrected chi connectivity index (χ4v) is 2.18. The minimum absolute atomic E-state index is 0.0279. The minimum atomic E-state index is -0.0279. The summed E-state index contributed by atoms with van der Waals surface area (Å²) in [5.41, 5.74) is 10.3. The van der Waals surface area contributed by atoms with Crippen LogP contribution < -0.4 is 11.1 Å². The molecule has 0 aliphatic rings. The maximum atomic E-state index is 6.01. The van der Waals surface area contributed by atoms with Gasteiger partial charge in [0.15, 0.2) is 0 Å². The average molecular weight is 242 g/mol. The molecule has 0 aliphatic carbocycles. The summed E-state index contributed by atoms with van der Waals surface area (Å²) >= 11 is 0. The van der Waals surface area contributed by atoms with Crippen LogP contribution in [0, 0.1) is 13.8 Å². The van der Waals surface area contributed by atoms with E-state index in [9.17, 15) is 0 Å². The van der Waals surface area contributed by atoms with Crippen molar-refractivity contribution in [1.82, 2.24) is 15.3 Å². The molecule has 94 valence electrons. The summed E-state index contributed by atoms with van der Waals surface area (Å²) in [4.78, 5) is 8.64. The maximum Gasteiger partial charge on any atom is 0.128 e. The summed E-state index contributed by atoms with van der Waals surface area (Å²) in [6.45, 7) is 4.09. The number of aromatic nitrogens is 2. The maximum absolute atomic E-state index is 6.01. The van der Waals surface area contributed by atoms with Crippen molar-refractivity contribution < 1.29 is 0 Å². The first-order chi connectivity index (χ1) is 8.65. The normalized spacial score (nSPS) is 12.4. The van der Waals surface area contributed by atoms with E-state index in [2.05, 4.69) is 28.3 Å². The Labute approximate surface area is 107 Å². The number of rotatable bonds is 3. The van der Waals surface area contributed by atoms with E-state index in [4.69, 9.17) is 5.73 Å². The molecular formula is C14H18N4. The van der Waals surface area contributed by atoms with Gasteiger partial charge in [0.25, 0.3) is 0 Å². The Hall–Kier alpha value is -1.94. The highest BCUT2D eigenvalue weighted by Crippen LogP contribution is 2.28. The van der Waals surface area contributed by atoms with Gasteiger partial charge in [0.05, 0.1) is 11.7 Å². The van der Waals surface area contributed by atoms with Crippen molar-refractivity contribution in [3.8, 4) is 0 Å². The van der Waals surface area contributed by atoms with Gasteiger partial charge in [-0.25, -0.2) is 4.98 Å². The molecule has 0 amide bonds. The molecule has 0 bridgehead atoms. The molecule has 0 saturated carbocycles. The molecule has 4 heteroatoms. The number of anilines is 1. The molecule has 1 unspecified atom stereocenters. The van der Waals surface area contributed by atoms with Gasteiger partial charge in [-0.3, -0.25) is 4.98 Å². The van der Waals surface area contributed by atoms with Crippen molar-refractivity contribution in [2.24, 2.45) is 0 Å². The SMILES string of the molecule is CNC(c1ncccc1C)c1c(C)ccnc1N. The van der Waals surface area contributed by atoms with Crippen LogP contribution in [0.5, 0.6) is 0 Å². The molecule has 2 aromatic rings. The summed E-state index contributed by atoms with van der Waals surface area (Å²) in [5.74, 6) is 0.555. The monoisotopic (exact) mass is 242 g/mol. The first-order valence-electron chi connectivity index (χ1n) is 5.95. The van der Waals surface area contributed by atoms with Gasteiger partial charge >= 0.3 is 0 Å². The molecule has 2 heterocycles. The van der Waals surface area contributed by atoms with E-state index >= 15 is 0 Å². The lowest BCUT2D eigenvalue weighted by Crippen LogP contribution is -2.22. The third kappa shape index (κ3) is 2.19. The highest BCUT2D eigenvalue weighted by atomic mass is 14.9. The molecule has 1 atom stereocenters. The van der Waals surface area contributed by atoms with Crippen molar-refractivity contribution in [3.05, 3.63) is 53.0 Å². The summed E-state index contributed by atoms with van der Waals surface area (Å²) in [6, 6.07) is 5.92. The van der Waals surface area contributed by atoms with Crippen LogP contribution in [0.25, 0.3) is 0 Å². The van der Waals surface area contributed by atoms with Crippen LogP contribution in [-0.2, 0) is 0 Å². The van der Waals surface area contributed by atoms with E-state index in [1.807, 2.05) is 26.1 Å². The molecular weight excluding hydrogens is 224 g/mol. The summed E-state index contributed by atoms with van der Waals surface area (Å²) < 4.78 is 0. The number of nitrogen functional groups attached to an aromatic ring is 1. The Morgan fingerprint density at radius 1 is 1.11 bits per heavy atom. The number of nitrogens with one attached hydrogen (secondary N) is 1. The Bertz CT molecular complexity index is 531. The molecule has 0 spiro atoms. The van der Waals surface area contributed by atoms with Gasteiger partial charge in [-0.15, -0.1) is 0 Å². The van der Waals surface area contributed by atoms with Gasteiger partial charge < -0.3 is 11.1 Å². The summed E-state index contributed by atoms with van der Waals surface area (Å²) in [6.07, 6.45) is 3.53. The second-order valence-corrected chi connectivity index (χ2v) is 4.35. The van der Waals surface area contributed by atoms with E-state index in [-0.39, 0.29) is 6.04 Å². The topological polar surface area (TPSA) is 63.8 Å². The van der Waals surface area contributed by atoms with Crippen molar-refractivity contribution in [1.29, 1.82) is 0 Å². The van der Waals surface area contributed by atoms with E-state index in [0.717, 1.165) is 22.4 Å². The van der Waals surface area contributed by atoms with Crippen molar-refractivity contribution in [2.45, 2.75) is 19.9 Å². The lowest BCUT2D eigenvalue weighted by molar-refractivity contribution is 0.662.